The molecule has 0 heterocycles. The minimum atomic E-state index is 0.444. The molecule has 0 spiro atoms. The standard InChI is InChI=1S/C13H13N3/c14-8-10-5-6-13(7-11(10)9-15)16-12-3-1-2-4-12/h5-7,12,16H,1-4H2. The molecule has 0 aromatic heterocycles. The van der Waals surface area contributed by atoms with E-state index in [4.69, 9.17) is 10.5 Å². The van der Waals surface area contributed by atoms with Gasteiger partial charge in [-0.3, -0.25) is 0 Å². The Morgan fingerprint density at radius 2 is 1.75 bits per heavy atom. The second kappa shape index (κ2) is 4.68. The van der Waals surface area contributed by atoms with E-state index >= 15 is 0 Å². The lowest BCUT2D eigenvalue weighted by molar-refractivity contribution is 0.755. The number of hydrogen-bond acceptors (Lipinski definition) is 3. The van der Waals surface area contributed by atoms with Crippen LogP contribution in [0.1, 0.15) is 36.8 Å². The van der Waals surface area contributed by atoms with Gasteiger partial charge >= 0.3 is 0 Å². The molecular weight excluding hydrogens is 198 g/mol. The molecule has 0 radical (unpaired) electrons. The molecular formula is C13H13N3. The van der Waals surface area contributed by atoms with E-state index in [0.717, 1.165) is 5.69 Å². The van der Waals surface area contributed by atoms with Crippen LogP contribution in [0.3, 0.4) is 0 Å². The zero-order valence-electron chi connectivity index (χ0n) is 9.03. The van der Waals surface area contributed by atoms with Gasteiger partial charge in [0.1, 0.15) is 12.1 Å². The van der Waals surface area contributed by atoms with Crippen molar-refractivity contribution in [1.82, 2.24) is 0 Å². The number of anilines is 1. The van der Waals surface area contributed by atoms with E-state index in [9.17, 15) is 0 Å². The molecule has 1 aliphatic carbocycles. The number of benzene rings is 1. The molecule has 0 bridgehead atoms. The Kier molecular flexibility index (Phi) is 3.08. The lowest BCUT2D eigenvalue weighted by Gasteiger charge is -2.13. The molecule has 1 fully saturated rings. The third-order valence-corrected chi connectivity index (χ3v) is 2.99. The number of hydrogen-bond donors (Lipinski definition) is 1. The summed E-state index contributed by atoms with van der Waals surface area (Å²) in [7, 11) is 0. The summed E-state index contributed by atoms with van der Waals surface area (Å²) < 4.78 is 0. The van der Waals surface area contributed by atoms with Crippen LogP contribution in [0.15, 0.2) is 18.2 Å². The van der Waals surface area contributed by atoms with Gasteiger partial charge in [0, 0.05) is 11.7 Å². The van der Waals surface area contributed by atoms with E-state index in [0.29, 0.717) is 17.2 Å². The zero-order valence-corrected chi connectivity index (χ0v) is 9.03. The van der Waals surface area contributed by atoms with Gasteiger partial charge in [0.15, 0.2) is 0 Å². The molecule has 1 N–H and O–H groups in total. The molecule has 0 amide bonds. The van der Waals surface area contributed by atoms with Crippen molar-refractivity contribution < 1.29 is 0 Å². The maximum atomic E-state index is 8.91. The monoisotopic (exact) mass is 211 g/mol. The van der Waals surface area contributed by atoms with E-state index in [-0.39, 0.29) is 0 Å². The van der Waals surface area contributed by atoms with Crippen molar-refractivity contribution in [3.05, 3.63) is 29.3 Å². The Balaban J connectivity index is 2.17. The quantitative estimate of drug-likeness (QED) is 0.818. The molecule has 1 aromatic carbocycles. The SMILES string of the molecule is N#Cc1ccc(NC2CCCC2)cc1C#N. The largest absolute Gasteiger partial charge is 0.382 e. The Hall–Kier alpha value is -2.00. The molecule has 0 unspecified atom stereocenters. The van der Waals surface area contributed by atoms with Crippen LogP contribution in [-0.4, -0.2) is 6.04 Å². The smallest absolute Gasteiger partial charge is 0.101 e. The summed E-state index contributed by atoms with van der Waals surface area (Å²) in [5.74, 6) is 0. The predicted molar refractivity (Wildman–Crippen MR) is 61.8 cm³/mol. The van der Waals surface area contributed by atoms with Gasteiger partial charge in [-0.1, -0.05) is 12.8 Å². The highest BCUT2D eigenvalue weighted by atomic mass is 14.9. The van der Waals surface area contributed by atoms with Crippen molar-refractivity contribution >= 4 is 5.69 Å². The fourth-order valence-electron chi connectivity index (χ4n) is 2.13. The number of nitrogens with one attached hydrogen (secondary N) is 1. The van der Waals surface area contributed by atoms with Crippen LogP contribution in [0, 0.1) is 22.7 Å². The van der Waals surface area contributed by atoms with E-state index < -0.39 is 0 Å². The minimum absolute atomic E-state index is 0.444. The zero-order chi connectivity index (χ0) is 11.4. The van der Waals surface area contributed by atoms with Gasteiger partial charge in [-0.2, -0.15) is 10.5 Å². The summed E-state index contributed by atoms with van der Waals surface area (Å²) in [6.07, 6.45) is 4.95. The molecule has 1 saturated carbocycles. The highest BCUT2D eigenvalue weighted by molar-refractivity contribution is 5.56. The van der Waals surface area contributed by atoms with Crippen LogP contribution in [0.25, 0.3) is 0 Å². The minimum Gasteiger partial charge on any atom is -0.382 e. The molecule has 0 saturated heterocycles. The second-order valence-corrected chi connectivity index (χ2v) is 4.11. The first-order chi connectivity index (χ1) is 7.83. The van der Waals surface area contributed by atoms with Crippen molar-refractivity contribution in [2.45, 2.75) is 31.7 Å². The van der Waals surface area contributed by atoms with Gasteiger partial charge in [0.2, 0.25) is 0 Å². The summed E-state index contributed by atoms with van der Waals surface area (Å²) in [6.45, 7) is 0. The predicted octanol–water partition coefficient (Wildman–Crippen LogP) is 2.78. The molecule has 80 valence electrons. The maximum absolute atomic E-state index is 8.91. The fraction of sp³-hybridized carbons (Fsp3) is 0.385. The Morgan fingerprint density at radius 3 is 2.38 bits per heavy atom. The van der Waals surface area contributed by atoms with Crippen molar-refractivity contribution in [2.75, 3.05) is 5.32 Å². The Bertz CT molecular complexity index is 459. The van der Waals surface area contributed by atoms with Crippen LogP contribution in [0.4, 0.5) is 5.69 Å². The second-order valence-electron chi connectivity index (χ2n) is 4.11. The molecule has 0 atom stereocenters. The number of nitriles is 2. The first-order valence-corrected chi connectivity index (χ1v) is 5.54. The van der Waals surface area contributed by atoms with E-state index in [1.165, 1.54) is 25.7 Å². The van der Waals surface area contributed by atoms with Gasteiger partial charge in [-0.25, -0.2) is 0 Å². The highest BCUT2D eigenvalue weighted by Crippen LogP contribution is 2.23. The normalized spacial score (nSPS) is 15.4. The lowest BCUT2D eigenvalue weighted by atomic mass is 10.1. The van der Waals surface area contributed by atoms with E-state index in [2.05, 4.69) is 5.32 Å². The molecule has 16 heavy (non-hydrogen) atoms. The maximum Gasteiger partial charge on any atom is 0.101 e. The Labute approximate surface area is 95.3 Å². The highest BCUT2D eigenvalue weighted by Gasteiger charge is 2.14. The fourth-order valence-corrected chi connectivity index (χ4v) is 2.13. The average Bonchev–Trinajstić information content (AvgIpc) is 2.81. The third kappa shape index (κ3) is 2.15. The summed E-state index contributed by atoms with van der Waals surface area (Å²) in [6, 6.07) is 9.93. The van der Waals surface area contributed by atoms with Gasteiger partial charge in [-0.15, -0.1) is 0 Å². The average molecular weight is 211 g/mol. The van der Waals surface area contributed by atoms with Crippen LogP contribution in [0.5, 0.6) is 0 Å². The molecule has 3 heteroatoms. The van der Waals surface area contributed by atoms with Crippen molar-refractivity contribution in [2.24, 2.45) is 0 Å². The first-order valence-electron chi connectivity index (χ1n) is 5.54. The molecule has 3 nitrogen and oxygen atoms in total. The van der Waals surface area contributed by atoms with Crippen molar-refractivity contribution in [1.29, 1.82) is 10.5 Å². The summed E-state index contributed by atoms with van der Waals surface area (Å²) >= 11 is 0. The molecule has 0 aliphatic heterocycles. The third-order valence-electron chi connectivity index (χ3n) is 2.99. The van der Waals surface area contributed by atoms with Crippen molar-refractivity contribution in [3.63, 3.8) is 0 Å². The first kappa shape index (κ1) is 10.5. The Morgan fingerprint density at radius 1 is 1.06 bits per heavy atom. The van der Waals surface area contributed by atoms with Gasteiger partial charge in [0.25, 0.3) is 0 Å². The number of nitrogens with zero attached hydrogens (tertiary/aromatic N) is 2. The molecule has 2 rings (SSSR count). The van der Waals surface area contributed by atoms with Crippen LogP contribution >= 0.6 is 0 Å². The number of rotatable bonds is 2. The summed E-state index contributed by atoms with van der Waals surface area (Å²) in [4.78, 5) is 0. The summed E-state index contributed by atoms with van der Waals surface area (Å²) in [5, 5.41) is 21.1. The van der Waals surface area contributed by atoms with Crippen LogP contribution in [-0.2, 0) is 0 Å². The molecule has 1 aromatic rings. The topological polar surface area (TPSA) is 59.6 Å². The molecule has 1 aliphatic rings. The van der Waals surface area contributed by atoms with E-state index in [1.807, 2.05) is 18.2 Å². The van der Waals surface area contributed by atoms with Crippen molar-refractivity contribution in [3.8, 4) is 12.1 Å². The van der Waals surface area contributed by atoms with E-state index in [1.54, 1.807) is 12.1 Å². The van der Waals surface area contributed by atoms with Gasteiger partial charge in [0.05, 0.1) is 11.1 Å². The van der Waals surface area contributed by atoms with Crippen LogP contribution in [0.2, 0.25) is 0 Å². The van der Waals surface area contributed by atoms with Gasteiger partial charge < -0.3 is 5.32 Å². The summed E-state index contributed by atoms with van der Waals surface area (Å²) in [5.41, 5.74) is 1.84. The van der Waals surface area contributed by atoms with Crippen LogP contribution < -0.4 is 5.32 Å². The van der Waals surface area contributed by atoms with Gasteiger partial charge in [-0.05, 0) is 31.0 Å². The lowest BCUT2D eigenvalue weighted by Crippen LogP contribution is -2.14.